The molecule has 0 aliphatic carbocycles. The van der Waals surface area contributed by atoms with Crippen molar-refractivity contribution in [3.05, 3.63) is 23.9 Å². The van der Waals surface area contributed by atoms with Crippen LogP contribution in [0.25, 0.3) is 5.65 Å². The Kier molecular flexibility index (Phi) is 3.52. The molecule has 0 fully saturated rings. The molecule has 18 heavy (non-hydrogen) atoms. The monoisotopic (exact) mass is 248 g/mol. The fourth-order valence-electron chi connectivity index (χ4n) is 1.85. The van der Waals surface area contributed by atoms with Gasteiger partial charge in [-0.05, 0) is 39.3 Å². The standard InChI is InChI=1S/C13H20N4O/c1-5-18-13(3,4)9-14-12-15-11-10(2)7-6-8-17(11)16-12/h6-8H,5,9H2,1-4H3,(H,14,16). The lowest BCUT2D eigenvalue weighted by atomic mass is 10.1. The van der Waals surface area contributed by atoms with Crippen LogP contribution in [-0.2, 0) is 4.74 Å². The summed E-state index contributed by atoms with van der Waals surface area (Å²) >= 11 is 0. The normalized spacial score (nSPS) is 12.0. The minimum atomic E-state index is -0.221. The Labute approximate surface area is 107 Å². The predicted molar refractivity (Wildman–Crippen MR) is 71.9 cm³/mol. The number of rotatable bonds is 5. The molecular weight excluding hydrogens is 228 g/mol. The molecule has 2 rings (SSSR count). The minimum Gasteiger partial charge on any atom is -0.374 e. The van der Waals surface area contributed by atoms with Gasteiger partial charge in [0.15, 0.2) is 5.65 Å². The molecule has 98 valence electrons. The number of aryl methyl sites for hydroxylation is 1. The molecule has 0 saturated heterocycles. The molecule has 5 heteroatoms. The maximum atomic E-state index is 5.62. The number of hydrogen-bond acceptors (Lipinski definition) is 4. The lowest BCUT2D eigenvalue weighted by Crippen LogP contribution is -2.33. The molecule has 0 saturated carbocycles. The van der Waals surface area contributed by atoms with Gasteiger partial charge in [-0.1, -0.05) is 6.07 Å². The SMILES string of the molecule is CCOC(C)(C)CNc1nc2c(C)cccn2n1. The largest absolute Gasteiger partial charge is 0.374 e. The van der Waals surface area contributed by atoms with Gasteiger partial charge in [-0.15, -0.1) is 5.10 Å². The number of nitrogens with zero attached hydrogens (tertiary/aromatic N) is 3. The average molecular weight is 248 g/mol. The van der Waals surface area contributed by atoms with Crippen LogP contribution in [0.1, 0.15) is 26.3 Å². The van der Waals surface area contributed by atoms with E-state index in [2.05, 4.69) is 15.4 Å². The van der Waals surface area contributed by atoms with Crippen molar-refractivity contribution in [2.24, 2.45) is 0 Å². The van der Waals surface area contributed by atoms with Gasteiger partial charge in [-0.2, -0.15) is 4.98 Å². The van der Waals surface area contributed by atoms with E-state index in [4.69, 9.17) is 4.74 Å². The molecule has 0 aromatic carbocycles. The summed E-state index contributed by atoms with van der Waals surface area (Å²) < 4.78 is 7.41. The van der Waals surface area contributed by atoms with Crippen LogP contribution in [-0.4, -0.2) is 33.4 Å². The van der Waals surface area contributed by atoms with Crippen LogP contribution in [0, 0.1) is 6.92 Å². The molecule has 5 nitrogen and oxygen atoms in total. The van der Waals surface area contributed by atoms with Crippen molar-refractivity contribution in [3.8, 4) is 0 Å². The van der Waals surface area contributed by atoms with Crippen LogP contribution < -0.4 is 5.32 Å². The summed E-state index contributed by atoms with van der Waals surface area (Å²) in [7, 11) is 0. The zero-order valence-electron chi connectivity index (χ0n) is 11.4. The van der Waals surface area contributed by atoms with Crippen LogP contribution in [0.4, 0.5) is 5.95 Å². The van der Waals surface area contributed by atoms with E-state index >= 15 is 0 Å². The highest BCUT2D eigenvalue weighted by molar-refractivity contribution is 5.49. The number of hydrogen-bond donors (Lipinski definition) is 1. The van der Waals surface area contributed by atoms with Crippen molar-refractivity contribution in [1.29, 1.82) is 0 Å². The number of pyridine rings is 1. The quantitative estimate of drug-likeness (QED) is 0.882. The second kappa shape index (κ2) is 4.94. The maximum absolute atomic E-state index is 5.62. The molecule has 0 spiro atoms. The first kappa shape index (κ1) is 12.8. The predicted octanol–water partition coefficient (Wildman–Crippen LogP) is 2.26. The third-order valence-corrected chi connectivity index (χ3v) is 2.76. The number of fused-ring (bicyclic) bond motifs is 1. The molecule has 0 bridgehead atoms. The van der Waals surface area contributed by atoms with Gasteiger partial charge in [-0.25, -0.2) is 4.52 Å². The molecule has 0 aliphatic heterocycles. The number of nitrogens with one attached hydrogen (secondary N) is 1. The van der Waals surface area contributed by atoms with Gasteiger partial charge in [-0.3, -0.25) is 0 Å². The van der Waals surface area contributed by atoms with Crippen LogP contribution in [0.5, 0.6) is 0 Å². The van der Waals surface area contributed by atoms with Gasteiger partial charge in [0.25, 0.3) is 0 Å². The van der Waals surface area contributed by atoms with Crippen molar-refractivity contribution in [1.82, 2.24) is 14.6 Å². The Morgan fingerprint density at radius 3 is 2.89 bits per heavy atom. The third-order valence-electron chi connectivity index (χ3n) is 2.76. The van der Waals surface area contributed by atoms with Crippen LogP contribution >= 0.6 is 0 Å². The van der Waals surface area contributed by atoms with Crippen molar-refractivity contribution >= 4 is 11.6 Å². The summed E-state index contributed by atoms with van der Waals surface area (Å²) in [6, 6.07) is 3.99. The van der Waals surface area contributed by atoms with E-state index in [0.29, 0.717) is 19.1 Å². The number of aromatic nitrogens is 3. The molecule has 0 aliphatic rings. The summed E-state index contributed by atoms with van der Waals surface area (Å²) in [5, 5.41) is 7.59. The van der Waals surface area contributed by atoms with E-state index in [-0.39, 0.29) is 5.60 Å². The van der Waals surface area contributed by atoms with E-state index in [9.17, 15) is 0 Å². The lowest BCUT2D eigenvalue weighted by molar-refractivity contribution is 0.000586. The van der Waals surface area contributed by atoms with Gasteiger partial charge < -0.3 is 10.1 Å². The highest BCUT2D eigenvalue weighted by atomic mass is 16.5. The van der Waals surface area contributed by atoms with E-state index in [0.717, 1.165) is 11.2 Å². The Morgan fingerprint density at radius 2 is 2.22 bits per heavy atom. The Morgan fingerprint density at radius 1 is 1.44 bits per heavy atom. The smallest absolute Gasteiger partial charge is 0.243 e. The van der Waals surface area contributed by atoms with E-state index < -0.39 is 0 Å². The van der Waals surface area contributed by atoms with Gasteiger partial charge in [0.2, 0.25) is 5.95 Å². The molecule has 2 aromatic rings. The highest BCUT2D eigenvalue weighted by Crippen LogP contribution is 2.13. The van der Waals surface area contributed by atoms with Crippen LogP contribution in [0.15, 0.2) is 18.3 Å². The molecule has 0 amide bonds. The van der Waals surface area contributed by atoms with Gasteiger partial charge >= 0.3 is 0 Å². The zero-order chi connectivity index (χ0) is 13.2. The molecule has 0 atom stereocenters. The van der Waals surface area contributed by atoms with Gasteiger partial charge in [0, 0.05) is 19.3 Å². The maximum Gasteiger partial charge on any atom is 0.243 e. The first-order valence-corrected chi connectivity index (χ1v) is 6.21. The highest BCUT2D eigenvalue weighted by Gasteiger charge is 2.18. The summed E-state index contributed by atoms with van der Waals surface area (Å²) in [4.78, 5) is 4.46. The molecule has 2 heterocycles. The van der Waals surface area contributed by atoms with Crippen LogP contribution in [0.2, 0.25) is 0 Å². The third kappa shape index (κ3) is 2.79. The van der Waals surface area contributed by atoms with Gasteiger partial charge in [0.05, 0.1) is 5.60 Å². The van der Waals surface area contributed by atoms with E-state index in [1.165, 1.54) is 0 Å². The molecule has 1 N–H and O–H groups in total. The fraction of sp³-hybridized carbons (Fsp3) is 0.538. The van der Waals surface area contributed by atoms with E-state index in [1.807, 2.05) is 46.0 Å². The number of anilines is 1. The first-order valence-electron chi connectivity index (χ1n) is 6.21. The van der Waals surface area contributed by atoms with Gasteiger partial charge in [0.1, 0.15) is 0 Å². The van der Waals surface area contributed by atoms with Crippen molar-refractivity contribution < 1.29 is 4.74 Å². The fourth-order valence-corrected chi connectivity index (χ4v) is 1.85. The van der Waals surface area contributed by atoms with Crippen molar-refractivity contribution in [3.63, 3.8) is 0 Å². The molecule has 0 unspecified atom stereocenters. The second-order valence-electron chi connectivity index (χ2n) is 4.94. The summed E-state index contributed by atoms with van der Waals surface area (Å²) in [5.74, 6) is 0.636. The average Bonchev–Trinajstić information content (AvgIpc) is 2.71. The van der Waals surface area contributed by atoms with Crippen molar-refractivity contribution in [2.45, 2.75) is 33.3 Å². The molecular formula is C13H20N4O. The summed E-state index contributed by atoms with van der Waals surface area (Å²) in [6.45, 7) is 9.49. The Balaban J connectivity index is 2.11. The summed E-state index contributed by atoms with van der Waals surface area (Å²) in [5.41, 5.74) is 1.78. The van der Waals surface area contributed by atoms with Crippen molar-refractivity contribution in [2.75, 3.05) is 18.5 Å². The van der Waals surface area contributed by atoms with Crippen LogP contribution in [0.3, 0.4) is 0 Å². The minimum absolute atomic E-state index is 0.221. The zero-order valence-corrected chi connectivity index (χ0v) is 11.4. The second-order valence-corrected chi connectivity index (χ2v) is 4.94. The Bertz CT molecular complexity index is 533. The van der Waals surface area contributed by atoms with E-state index in [1.54, 1.807) is 4.52 Å². The first-order chi connectivity index (χ1) is 8.52. The topological polar surface area (TPSA) is 51.5 Å². The molecule has 0 radical (unpaired) electrons. The summed E-state index contributed by atoms with van der Waals surface area (Å²) in [6.07, 6.45) is 1.90. The molecule has 2 aromatic heterocycles. The lowest BCUT2D eigenvalue weighted by Gasteiger charge is -2.24. The Hall–Kier alpha value is -1.62. The number of ether oxygens (including phenoxy) is 1.